The van der Waals surface area contributed by atoms with Gasteiger partial charge in [-0.1, -0.05) is 11.6 Å². The number of rotatable bonds is 4. The van der Waals surface area contributed by atoms with Gasteiger partial charge in [-0.3, -0.25) is 4.79 Å². The van der Waals surface area contributed by atoms with Crippen molar-refractivity contribution in [1.82, 2.24) is 4.90 Å². The van der Waals surface area contributed by atoms with E-state index >= 15 is 0 Å². The molecular formula is C13H20N2O2. The number of aliphatic hydroxyl groups excluding tert-OH is 1. The second-order valence-corrected chi connectivity index (χ2v) is 4.33. The topological polar surface area (TPSA) is 52.6 Å². The molecule has 0 bridgehead atoms. The van der Waals surface area contributed by atoms with Crippen molar-refractivity contribution in [2.45, 2.75) is 20.0 Å². The van der Waals surface area contributed by atoms with E-state index < -0.39 is 6.10 Å². The van der Waals surface area contributed by atoms with Crippen LogP contribution < -0.4 is 5.32 Å². The van der Waals surface area contributed by atoms with E-state index in [4.69, 9.17) is 0 Å². The van der Waals surface area contributed by atoms with E-state index in [0.29, 0.717) is 12.1 Å². The van der Waals surface area contributed by atoms with E-state index in [0.717, 1.165) is 11.3 Å². The molecule has 0 spiro atoms. The van der Waals surface area contributed by atoms with Gasteiger partial charge < -0.3 is 15.3 Å². The van der Waals surface area contributed by atoms with Crippen LogP contribution >= 0.6 is 0 Å². The lowest BCUT2D eigenvalue weighted by Gasteiger charge is -2.20. The Labute approximate surface area is 102 Å². The SMILES string of the molecule is CNc1ccc(C)cc1C(=O)N(C)CC(C)O. The number of benzene rings is 1. The molecule has 0 aliphatic rings. The van der Waals surface area contributed by atoms with Gasteiger partial charge in [0.15, 0.2) is 0 Å². The molecule has 0 saturated carbocycles. The molecule has 0 saturated heterocycles. The van der Waals surface area contributed by atoms with Crippen LogP contribution in [-0.4, -0.2) is 42.7 Å². The molecule has 1 rings (SSSR count). The van der Waals surface area contributed by atoms with Gasteiger partial charge in [0.2, 0.25) is 0 Å². The molecule has 4 nitrogen and oxygen atoms in total. The summed E-state index contributed by atoms with van der Waals surface area (Å²) < 4.78 is 0. The lowest BCUT2D eigenvalue weighted by Crippen LogP contribution is -2.33. The highest BCUT2D eigenvalue weighted by molar-refractivity contribution is 5.99. The number of nitrogens with zero attached hydrogens (tertiary/aromatic N) is 1. The molecule has 1 aromatic rings. The van der Waals surface area contributed by atoms with E-state index in [1.54, 1.807) is 21.0 Å². The average Bonchev–Trinajstić information content (AvgIpc) is 2.27. The molecule has 0 aromatic heterocycles. The standard InChI is InChI=1S/C13H20N2O2/c1-9-5-6-12(14-3)11(7-9)13(17)15(4)8-10(2)16/h5-7,10,14,16H,8H2,1-4H3. The molecule has 1 atom stereocenters. The summed E-state index contributed by atoms with van der Waals surface area (Å²) in [5.74, 6) is -0.0843. The maximum atomic E-state index is 12.2. The molecule has 0 aliphatic heterocycles. The van der Waals surface area contributed by atoms with Gasteiger partial charge in [0.1, 0.15) is 0 Å². The zero-order valence-electron chi connectivity index (χ0n) is 10.8. The molecule has 1 aromatic carbocycles. The van der Waals surface area contributed by atoms with Crippen LogP contribution in [0.15, 0.2) is 18.2 Å². The van der Waals surface area contributed by atoms with Crippen LogP contribution in [0.4, 0.5) is 5.69 Å². The fraction of sp³-hybridized carbons (Fsp3) is 0.462. The van der Waals surface area contributed by atoms with Crippen molar-refractivity contribution in [3.05, 3.63) is 29.3 Å². The highest BCUT2D eigenvalue weighted by Crippen LogP contribution is 2.18. The van der Waals surface area contributed by atoms with Crippen molar-refractivity contribution < 1.29 is 9.90 Å². The predicted molar refractivity (Wildman–Crippen MR) is 69.4 cm³/mol. The molecule has 94 valence electrons. The minimum absolute atomic E-state index is 0.0843. The second-order valence-electron chi connectivity index (χ2n) is 4.33. The number of anilines is 1. The van der Waals surface area contributed by atoms with Crippen LogP contribution in [0.3, 0.4) is 0 Å². The van der Waals surface area contributed by atoms with E-state index in [1.165, 1.54) is 4.90 Å². The van der Waals surface area contributed by atoms with Gasteiger partial charge in [-0.05, 0) is 26.0 Å². The Morgan fingerprint density at radius 3 is 2.71 bits per heavy atom. The summed E-state index contributed by atoms with van der Waals surface area (Å²) in [5.41, 5.74) is 2.48. The molecule has 1 unspecified atom stereocenters. The number of carbonyl (C=O) groups excluding carboxylic acids is 1. The van der Waals surface area contributed by atoms with Gasteiger partial charge in [-0.15, -0.1) is 0 Å². The van der Waals surface area contributed by atoms with Crippen molar-refractivity contribution in [2.24, 2.45) is 0 Å². The zero-order valence-corrected chi connectivity index (χ0v) is 10.8. The number of amides is 1. The van der Waals surface area contributed by atoms with Gasteiger partial charge in [-0.25, -0.2) is 0 Å². The van der Waals surface area contributed by atoms with Gasteiger partial charge >= 0.3 is 0 Å². The first kappa shape index (κ1) is 13.5. The quantitative estimate of drug-likeness (QED) is 0.832. The third-order valence-electron chi connectivity index (χ3n) is 2.56. The molecule has 0 heterocycles. The van der Waals surface area contributed by atoms with Crippen LogP contribution in [0.2, 0.25) is 0 Å². The maximum Gasteiger partial charge on any atom is 0.255 e. The molecular weight excluding hydrogens is 216 g/mol. The minimum atomic E-state index is -0.521. The van der Waals surface area contributed by atoms with Gasteiger partial charge in [0.05, 0.1) is 11.7 Å². The summed E-state index contributed by atoms with van der Waals surface area (Å²) in [6.45, 7) is 3.94. The summed E-state index contributed by atoms with van der Waals surface area (Å²) in [4.78, 5) is 13.7. The molecule has 0 radical (unpaired) electrons. The Balaban J connectivity index is 2.98. The number of aryl methyl sites for hydroxylation is 1. The average molecular weight is 236 g/mol. The van der Waals surface area contributed by atoms with Gasteiger partial charge in [0, 0.05) is 26.3 Å². The van der Waals surface area contributed by atoms with E-state index in [9.17, 15) is 9.90 Å². The van der Waals surface area contributed by atoms with Crippen LogP contribution in [-0.2, 0) is 0 Å². The first-order valence-corrected chi connectivity index (χ1v) is 5.67. The zero-order chi connectivity index (χ0) is 13.0. The number of likely N-dealkylation sites (N-methyl/N-ethyl adjacent to an activating group) is 1. The van der Waals surface area contributed by atoms with E-state index in [2.05, 4.69) is 5.32 Å². The van der Waals surface area contributed by atoms with Crippen LogP contribution in [0.1, 0.15) is 22.8 Å². The molecule has 0 fully saturated rings. The number of carbonyl (C=O) groups is 1. The first-order chi connectivity index (χ1) is 7.95. The lowest BCUT2D eigenvalue weighted by atomic mass is 10.1. The van der Waals surface area contributed by atoms with Crippen molar-refractivity contribution in [2.75, 3.05) is 26.0 Å². The van der Waals surface area contributed by atoms with Crippen molar-refractivity contribution >= 4 is 11.6 Å². The first-order valence-electron chi connectivity index (χ1n) is 5.67. The van der Waals surface area contributed by atoms with E-state index in [-0.39, 0.29) is 5.91 Å². The fourth-order valence-corrected chi connectivity index (χ4v) is 1.74. The molecule has 17 heavy (non-hydrogen) atoms. The minimum Gasteiger partial charge on any atom is -0.392 e. The maximum absolute atomic E-state index is 12.2. The van der Waals surface area contributed by atoms with Crippen LogP contribution in [0.25, 0.3) is 0 Å². The molecule has 1 amide bonds. The predicted octanol–water partition coefficient (Wildman–Crippen LogP) is 1.49. The molecule has 2 N–H and O–H groups in total. The number of nitrogens with one attached hydrogen (secondary N) is 1. The van der Waals surface area contributed by atoms with Crippen molar-refractivity contribution in [3.63, 3.8) is 0 Å². The number of aliphatic hydroxyl groups is 1. The Hall–Kier alpha value is -1.55. The van der Waals surface area contributed by atoms with Crippen molar-refractivity contribution in [1.29, 1.82) is 0 Å². The Bertz CT molecular complexity index is 402. The normalized spacial score (nSPS) is 12.1. The summed E-state index contributed by atoms with van der Waals surface area (Å²) in [6.07, 6.45) is -0.521. The lowest BCUT2D eigenvalue weighted by molar-refractivity contribution is 0.0704. The monoisotopic (exact) mass is 236 g/mol. The molecule has 4 heteroatoms. The Morgan fingerprint density at radius 1 is 1.53 bits per heavy atom. The molecule has 0 aliphatic carbocycles. The Kier molecular flexibility index (Phi) is 4.52. The largest absolute Gasteiger partial charge is 0.392 e. The summed E-state index contributed by atoms with van der Waals surface area (Å²) in [6, 6.07) is 5.70. The van der Waals surface area contributed by atoms with Gasteiger partial charge in [-0.2, -0.15) is 0 Å². The van der Waals surface area contributed by atoms with E-state index in [1.807, 2.05) is 25.1 Å². The number of hydrogen-bond acceptors (Lipinski definition) is 3. The summed E-state index contributed by atoms with van der Waals surface area (Å²) >= 11 is 0. The highest BCUT2D eigenvalue weighted by atomic mass is 16.3. The fourth-order valence-electron chi connectivity index (χ4n) is 1.74. The Morgan fingerprint density at radius 2 is 2.18 bits per heavy atom. The summed E-state index contributed by atoms with van der Waals surface area (Å²) in [7, 11) is 3.48. The van der Waals surface area contributed by atoms with Crippen LogP contribution in [0.5, 0.6) is 0 Å². The third-order valence-corrected chi connectivity index (χ3v) is 2.56. The number of hydrogen-bond donors (Lipinski definition) is 2. The third kappa shape index (κ3) is 3.46. The second kappa shape index (κ2) is 5.68. The smallest absolute Gasteiger partial charge is 0.255 e. The summed E-state index contributed by atoms with van der Waals surface area (Å²) in [5, 5.41) is 12.3. The van der Waals surface area contributed by atoms with Gasteiger partial charge in [0.25, 0.3) is 5.91 Å². The van der Waals surface area contributed by atoms with Crippen LogP contribution in [0, 0.1) is 6.92 Å². The van der Waals surface area contributed by atoms with Crippen molar-refractivity contribution in [3.8, 4) is 0 Å². The highest BCUT2D eigenvalue weighted by Gasteiger charge is 2.16.